The number of carbonyl (C=O) groups excluding carboxylic acids is 2. The van der Waals surface area contributed by atoms with Crippen LogP contribution in [0.2, 0.25) is 0 Å². The van der Waals surface area contributed by atoms with Crippen LogP contribution >= 0.6 is 0 Å². The summed E-state index contributed by atoms with van der Waals surface area (Å²) in [6.45, 7) is 6.70. The highest BCUT2D eigenvalue weighted by molar-refractivity contribution is 7.89. The number of nitrogens with two attached hydrogens (primary N) is 1. The molecule has 0 aromatic heterocycles. The van der Waals surface area contributed by atoms with Gasteiger partial charge in [-0.05, 0) is 67.9 Å². The summed E-state index contributed by atoms with van der Waals surface area (Å²) in [6, 6.07) is 14.3. The normalized spacial score (nSPS) is 20.7. The molecule has 2 amide bonds. The van der Waals surface area contributed by atoms with E-state index in [1.807, 2.05) is 44.2 Å². The summed E-state index contributed by atoms with van der Waals surface area (Å²) in [5.41, 5.74) is 6.53. The first kappa shape index (κ1) is 36.4. The van der Waals surface area contributed by atoms with Crippen molar-refractivity contribution in [2.24, 2.45) is 11.3 Å². The van der Waals surface area contributed by atoms with Crippen molar-refractivity contribution in [1.29, 1.82) is 0 Å². The third-order valence-electron chi connectivity index (χ3n) is 8.40. The monoisotopic (exact) mass is 676 g/mol. The maximum absolute atomic E-state index is 14.0. The van der Waals surface area contributed by atoms with Crippen molar-refractivity contribution in [2.45, 2.75) is 75.9 Å². The van der Waals surface area contributed by atoms with Crippen LogP contribution in [0.5, 0.6) is 0 Å². The van der Waals surface area contributed by atoms with E-state index < -0.39 is 52.2 Å². The molecule has 0 saturated carbocycles. The van der Waals surface area contributed by atoms with Crippen LogP contribution in [0.15, 0.2) is 59.5 Å². The van der Waals surface area contributed by atoms with Crippen molar-refractivity contribution in [1.82, 2.24) is 14.9 Å². The lowest BCUT2D eigenvalue weighted by atomic mass is 9.87. The number of fused-ring (bicyclic) bond motifs is 1. The second kappa shape index (κ2) is 16.6. The predicted molar refractivity (Wildman–Crippen MR) is 175 cm³/mol. The first-order valence-electron chi connectivity index (χ1n) is 16.1. The summed E-state index contributed by atoms with van der Waals surface area (Å²) in [4.78, 5) is 24.9. The molecule has 260 valence electrons. The molecule has 2 heterocycles. The molecule has 2 aromatic carbocycles. The number of aliphatic hydroxyl groups is 1. The number of nitrogens with one attached hydrogen (secondary N) is 2. The van der Waals surface area contributed by atoms with E-state index in [9.17, 15) is 23.1 Å². The number of carbonyl (C=O) groups is 2. The Morgan fingerprint density at radius 2 is 1.83 bits per heavy atom. The van der Waals surface area contributed by atoms with Gasteiger partial charge in [-0.1, -0.05) is 44.2 Å². The molecule has 5 atom stereocenters. The van der Waals surface area contributed by atoms with E-state index >= 15 is 0 Å². The number of sulfonamides is 1. The fourth-order valence-electron chi connectivity index (χ4n) is 5.89. The van der Waals surface area contributed by atoms with Crippen LogP contribution in [0.3, 0.4) is 0 Å². The summed E-state index contributed by atoms with van der Waals surface area (Å²) < 4.78 is 51.1. The van der Waals surface area contributed by atoms with Crippen LogP contribution in [-0.4, -0.2) is 94.0 Å². The molecule has 0 unspecified atom stereocenters. The number of benzene rings is 2. The van der Waals surface area contributed by atoms with Crippen LogP contribution in [0.25, 0.3) is 0 Å². The lowest BCUT2D eigenvalue weighted by Crippen LogP contribution is -2.52. The van der Waals surface area contributed by atoms with Crippen LogP contribution in [-0.2, 0) is 35.4 Å². The number of hydrogen-bond acceptors (Lipinski definition) is 10. The molecule has 0 spiro atoms. The van der Waals surface area contributed by atoms with Crippen LogP contribution in [0.4, 0.5) is 15.3 Å². The summed E-state index contributed by atoms with van der Waals surface area (Å²) >= 11 is 0. The molecule has 2 fully saturated rings. The molecule has 0 radical (unpaired) electrons. The minimum atomic E-state index is -4.11. The maximum atomic E-state index is 14.0. The Balaban J connectivity index is 1.51. The van der Waals surface area contributed by atoms with E-state index in [0.717, 1.165) is 5.56 Å². The first-order chi connectivity index (χ1) is 22.4. The number of nitrogen functional groups attached to an aromatic ring is 1. The van der Waals surface area contributed by atoms with Gasteiger partial charge in [-0.15, -0.1) is 0 Å². The van der Waals surface area contributed by atoms with Gasteiger partial charge in [0, 0.05) is 25.3 Å². The van der Waals surface area contributed by atoms with E-state index in [-0.39, 0.29) is 43.5 Å². The van der Waals surface area contributed by atoms with Crippen LogP contribution < -0.4 is 16.4 Å². The topological polar surface area (TPSA) is 179 Å². The number of anilines is 1. The Labute approximate surface area is 277 Å². The highest BCUT2D eigenvalue weighted by Gasteiger charge is 2.44. The second-order valence-corrected chi connectivity index (χ2v) is 14.7. The number of aliphatic hydroxyl groups excluding tert-OH is 1. The highest BCUT2D eigenvalue weighted by atomic mass is 32.2. The molecule has 5 N–H and O–H groups in total. The Kier molecular flexibility index (Phi) is 12.9. The van der Waals surface area contributed by atoms with Gasteiger partial charge in [0.1, 0.15) is 6.10 Å². The predicted octanol–water partition coefficient (Wildman–Crippen LogP) is 3.27. The standard InChI is InChI=1S/C33H48N4O9S/c1-4-43-31(39)35-17-8-16-33(2,3)22-37(47(41,42)25-13-11-24(34)12-14-25)20-28(38)27(19-23-9-6-5-7-10-23)36-32(40)46-29-21-45-30-26(29)15-18-44-30/h5-7,9-14,26-30,38H,4,8,15-22,34H2,1-3H3,(H,35,39)(H,36,40)/t26-,27-,28+,29-,30+/m0/s1. The van der Waals surface area contributed by atoms with E-state index in [1.165, 1.54) is 28.6 Å². The van der Waals surface area contributed by atoms with Gasteiger partial charge in [0.2, 0.25) is 10.0 Å². The molecule has 13 nitrogen and oxygen atoms in total. The third kappa shape index (κ3) is 10.5. The lowest BCUT2D eigenvalue weighted by molar-refractivity contribution is -0.0907. The Morgan fingerprint density at radius 3 is 2.53 bits per heavy atom. The molecule has 4 rings (SSSR count). The molecule has 2 aliphatic heterocycles. The molecule has 2 saturated heterocycles. The zero-order chi connectivity index (χ0) is 34.0. The number of alkyl carbamates (subject to hydrolysis) is 2. The van der Waals surface area contributed by atoms with Gasteiger partial charge < -0.3 is 40.4 Å². The summed E-state index contributed by atoms with van der Waals surface area (Å²) in [5, 5.41) is 17.2. The minimum absolute atomic E-state index is 0.0280. The van der Waals surface area contributed by atoms with Gasteiger partial charge in [0.25, 0.3) is 0 Å². The van der Waals surface area contributed by atoms with Crippen molar-refractivity contribution < 1.29 is 42.1 Å². The van der Waals surface area contributed by atoms with Gasteiger partial charge in [-0.2, -0.15) is 4.31 Å². The fraction of sp³-hybridized carbons (Fsp3) is 0.576. The van der Waals surface area contributed by atoms with Crippen molar-refractivity contribution >= 4 is 27.9 Å². The minimum Gasteiger partial charge on any atom is -0.450 e. The molecule has 0 bridgehead atoms. The largest absolute Gasteiger partial charge is 0.450 e. The number of rotatable bonds is 16. The van der Waals surface area contributed by atoms with Crippen molar-refractivity contribution in [2.75, 3.05) is 45.2 Å². The fourth-order valence-corrected chi connectivity index (χ4v) is 7.54. The molecule has 0 aliphatic carbocycles. The first-order valence-corrected chi connectivity index (χ1v) is 17.5. The smallest absolute Gasteiger partial charge is 0.407 e. The van der Waals surface area contributed by atoms with E-state index in [4.69, 9.17) is 24.7 Å². The quantitative estimate of drug-likeness (QED) is 0.152. The number of amides is 2. The van der Waals surface area contributed by atoms with Gasteiger partial charge in [0.05, 0.1) is 42.8 Å². The van der Waals surface area contributed by atoms with Crippen molar-refractivity contribution in [3.63, 3.8) is 0 Å². The zero-order valence-electron chi connectivity index (χ0n) is 27.3. The van der Waals surface area contributed by atoms with Crippen molar-refractivity contribution in [3.8, 4) is 0 Å². The molecule has 2 aromatic rings. The van der Waals surface area contributed by atoms with E-state index in [2.05, 4.69) is 10.6 Å². The molecular weight excluding hydrogens is 628 g/mol. The molecule has 2 aliphatic rings. The Bertz CT molecular complexity index is 1410. The number of nitrogens with zero attached hydrogens (tertiary/aromatic N) is 1. The average molecular weight is 677 g/mol. The van der Waals surface area contributed by atoms with E-state index in [0.29, 0.717) is 38.1 Å². The maximum Gasteiger partial charge on any atom is 0.407 e. The zero-order valence-corrected chi connectivity index (χ0v) is 28.1. The Morgan fingerprint density at radius 1 is 1.11 bits per heavy atom. The third-order valence-corrected chi connectivity index (χ3v) is 10.2. The van der Waals surface area contributed by atoms with Gasteiger partial charge in [-0.25, -0.2) is 18.0 Å². The lowest BCUT2D eigenvalue weighted by Gasteiger charge is -2.35. The second-order valence-electron chi connectivity index (χ2n) is 12.8. The molecule has 47 heavy (non-hydrogen) atoms. The van der Waals surface area contributed by atoms with Crippen LogP contribution in [0.1, 0.15) is 45.6 Å². The Hall–Kier alpha value is -3.43. The van der Waals surface area contributed by atoms with Crippen LogP contribution in [0, 0.1) is 11.3 Å². The summed E-state index contributed by atoms with van der Waals surface area (Å²) in [5.74, 6) is -0.0616. The van der Waals surface area contributed by atoms with Crippen molar-refractivity contribution in [3.05, 3.63) is 60.2 Å². The number of ether oxygens (including phenoxy) is 4. The summed E-state index contributed by atoms with van der Waals surface area (Å²) in [7, 11) is -4.11. The van der Waals surface area contributed by atoms with E-state index in [1.54, 1.807) is 6.92 Å². The highest BCUT2D eigenvalue weighted by Crippen LogP contribution is 2.33. The average Bonchev–Trinajstić information content (AvgIpc) is 3.65. The van der Waals surface area contributed by atoms with Gasteiger partial charge in [0.15, 0.2) is 6.29 Å². The summed E-state index contributed by atoms with van der Waals surface area (Å²) in [6.07, 6.45) is -1.34. The van der Waals surface area contributed by atoms with Gasteiger partial charge in [-0.3, -0.25) is 0 Å². The molecular formula is C33H48N4O9S. The SMILES string of the molecule is CCOC(=O)NCCCC(C)(C)CN(C[C@@H](O)[C@H](Cc1ccccc1)NC(=O)O[C@H]1CO[C@H]2OCC[C@H]21)S(=O)(=O)c1ccc(N)cc1. The number of hydrogen-bond donors (Lipinski definition) is 4. The van der Waals surface area contributed by atoms with Gasteiger partial charge >= 0.3 is 12.2 Å². The molecule has 14 heteroatoms.